The number of primary amides is 1. The van der Waals surface area contributed by atoms with Gasteiger partial charge in [0.2, 0.25) is 5.91 Å². The molecule has 23 heavy (non-hydrogen) atoms. The van der Waals surface area contributed by atoms with E-state index in [0.717, 1.165) is 29.3 Å². The van der Waals surface area contributed by atoms with E-state index in [1.165, 1.54) is 0 Å². The molecule has 0 spiro atoms. The molecule has 0 aliphatic carbocycles. The summed E-state index contributed by atoms with van der Waals surface area (Å²) in [6.07, 6.45) is 0.474. The molecule has 2 rings (SSSR count). The summed E-state index contributed by atoms with van der Waals surface area (Å²) in [4.78, 5) is 11.2. The van der Waals surface area contributed by atoms with Crippen molar-refractivity contribution in [3.63, 3.8) is 0 Å². The summed E-state index contributed by atoms with van der Waals surface area (Å²) < 4.78 is 31.5. The van der Waals surface area contributed by atoms with Crippen molar-refractivity contribution in [3.8, 4) is 5.75 Å². The Balaban J connectivity index is 1.96. The van der Waals surface area contributed by atoms with Gasteiger partial charge in [-0.25, -0.2) is 8.78 Å². The second kappa shape index (κ2) is 7.69. The zero-order chi connectivity index (χ0) is 16.8. The van der Waals surface area contributed by atoms with Crippen molar-refractivity contribution in [2.45, 2.75) is 13.0 Å². The van der Waals surface area contributed by atoms with E-state index in [1.807, 2.05) is 24.3 Å². The number of carbonyl (C=O) groups is 1. The standard InChI is InChI=1S/C17H18F2N2O2/c18-14-6-15(19)8-16(7-14)23-10-12-3-1-11(2-4-12)5-13(9-20)17(21)22/h1-4,6-8,13H,5,9-10,20H2,(H2,21,22)/t13-/m1/s1. The van der Waals surface area contributed by atoms with Gasteiger partial charge >= 0.3 is 0 Å². The normalized spacial score (nSPS) is 12.0. The van der Waals surface area contributed by atoms with E-state index in [4.69, 9.17) is 16.2 Å². The van der Waals surface area contributed by atoms with E-state index < -0.39 is 23.5 Å². The Kier molecular flexibility index (Phi) is 5.65. The molecule has 1 amide bonds. The third kappa shape index (κ3) is 5.03. The van der Waals surface area contributed by atoms with E-state index in [9.17, 15) is 13.6 Å². The molecular formula is C17H18F2N2O2. The van der Waals surface area contributed by atoms with Gasteiger partial charge in [0.05, 0.1) is 5.92 Å². The highest BCUT2D eigenvalue weighted by Crippen LogP contribution is 2.17. The van der Waals surface area contributed by atoms with Crippen LogP contribution in [0.2, 0.25) is 0 Å². The maximum Gasteiger partial charge on any atom is 0.222 e. The number of hydrogen-bond donors (Lipinski definition) is 2. The second-order valence-corrected chi connectivity index (χ2v) is 5.25. The van der Waals surface area contributed by atoms with Crippen molar-refractivity contribution in [1.82, 2.24) is 0 Å². The van der Waals surface area contributed by atoms with Gasteiger partial charge in [-0.1, -0.05) is 24.3 Å². The minimum atomic E-state index is -0.686. The zero-order valence-electron chi connectivity index (χ0n) is 12.5. The molecule has 0 bridgehead atoms. The molecule has 0 saturated carbocycles. The van der Waals surface area contributed by atoms with E-state index in [2.05, 4.69) is 0 Å². The topological polar surface area (TPSA) is 78.3 Å². The summed E-state index contributed by atoms with van der Waals surface area (Å²) >= 11 is 0. The average molecular weight is 320 g/mol. The first-order chi connectivity index (χ1) is 11.0. The van der Waals surface area contributed by atoms with Crippen LogP contribution in [0, 0.1) is 17.6 Å². The van der Waals surface area contributed by atoms with Crippen LogP contribution in [0.25, 0.3) is 0 Å². The highest BCUT2D eigenvalue weighted by Gasteiger charge is 2.13. The number of hydrogen-bond acceptors (Lipinski definition) is 3. The number of rotatable bonds is 7. The van der Waals surface area contributed by atoms with Crippen LogP contribution < -0.4 is 16.2 Å². The van der Waals surface area contributed by atoms with Crippen LogP contribution in [0.5, 0.6) is 5.75 Å². The molecule has 0 aliphatic heterocycles. The predicted molar refractivity (Wildman–Crippen MR) is 82.6 cm³/mol. The molecule has 2 aromatic rings. The third-order valence-electron chi connectivity index (χ3n) is 3.43. The number of nitrogens with two attached hydrogens (primary N) is 2. The highest BCUT2D eigenvalue weighted by molar-refractivity contribution is 5.77. The molecule has 6 heteroatoms. The zero-order valence-corrected chi connectivity index (χ0v) is 12.5. The lowest BCUT2D eigenvalue weighted by Crippen LogP contribution is -2.31. The molecule has 0 aliphatic rings. The van der Waals surface area contributed by atoms with Crippen molar-refractivity contribution >= 4 is 5.91 Å². The van der Waals surface area contributed by atoms with E-state index >= 15 is 0 Å². The molecule has 4 nitrogen and oxygen atoms in total. The van der Waals surface area contributed by atoms with Crippen LogP contribution in [-0.4, -0.2) is 12.5 Å². The first kappa shape index (κ1) is 16.9. The van der Waals surface area contributed by atoms with E-state index in [1.54, 1.807) is 0 Å². The Hall–Kier alpha value is -2.47. The van der Waals surface area contributed by atoms with Crippen molar-refractivity contribution in [2.24, 2.45) is 17.4 Å². The first-order valence-electron chi connectivity index (χ1n) is 7.14. The fraction of sp³-hybridized carbons (Fsp3) is 0.235. The van der Waals surface area contributed by atoms with Crippen LogP contribution in [-0.2, 0) is 17.8 Å². The molecular weight excluding hydrogens is 302 g/mol. The molecule has 0 saturated heterocycles. The largest absolute Gasteiger partial charge is 0.489 e. The third-order valence-corrected chi connectivity index (χ3v) is 3.43. The average Bonchev–Trinajstić information content (AvgIpc) is 2.50. The van der Waals surface area contributed by atoms with Gasteiger partial charge in [-0.3, -0.25) is 4.79 Å². The SMILES string of the molecule is NC[C@@H](Cc1ccc(COc2cc(F)cc(F)c2)cc1)C(N)=O. The molecule has 1 atom stereocenters. The molecule has 0 heterocycles. The lowest BCUT2D eigenvalue weighted by atomic mass is 9.98. The first-order valence-corrected chi connectivity index (χ1v) is 7.14. The lowest BCUT2D eigenvalue weighted by molar-refractivity contribution is -0.121. The van der Waals surface area contributed by atoms with Crippen LogP contribution in [0.15, 0.2) is 42.5 Å². The predicted octanol–water partition coefficient (Wildman–Crippen LogP) is 2.15. The summed E-state index contributed by atoms with van der Waals surface area (Å²) in [7, 11) is 0. The van der Waals surface area contributed by atoms with Crippen LogP contribution in [0.1, 0.15) is 11.1 Å². The van der Waals surface area contributed by atoms with Crippen molar-refractivity contribution < 1.29 is 18.3 Å². The summed E-state index contributed by atoms with van der Waals surface area (Å²) in [5, 5.41) is 0. The quantitative estimate of drug-likeness (QED) is 0.820. The number of amides is 1. The Morgan fingerprint density at radius 3 is 2.13 bits per heavy atom. The molecule has 122 valence electrons. The van der Waals surface area contributed by atoms with Crippen LogP contribution in [0.3, 0.4) is 0 Å². The molecule has 0 fully saturated rings. The fourth-order valence-electron chi connectivity index (χ4n) is 2.13. The summed E-state index contributed by atoms with van der Waals surface area (Å²) in [6, 6.07) is 10.4. The molecule has 0 unspecified atom stereocenters. The summed E-state index contributed by atoms with van der Waals surface area (Å²) in [5.41, 5.74) is 12.5. The number of carbonyl (C=O) groups excluding carboxylic acids is 1. The lowest BCUT2D eigenvalue weighted by Gasteiger charge is -2.11. The molecule has 0 radical (unpaired) electrons. The van der Waals surface area contributed by atoms with Gasteiger partial charge in [0.1, 0.15) is 24.0 Å². The summed E-state index contributed by atoms with van der Waals surface area (Å²) in [5.74, 6) is -2.06. The van der Waals surface area contributed by atoms with Gasteiger partial charge < -0.3 is 16.2 Å². The number of halogens is 2. The maximum absolute atomic E-state index is 13.1. The van der Waals surface area contributed by atoms with Gasteiger partial charge in [0, 0.05) is 24.7 Å². The number of ether oxygens (including phenoxy) is 1. The Bertz CT molecular complexity index is 655. The van der Waals surface area contributed by atoms with Crippen molar-refractivity contribution in [3.05, 3.63) is 65.2 Å². The smallest absolute Gasteiger partial charge is 0.222 e. The minimum absolute atomic E-state index is 0.128. The maximum atomic E-state index is 13.1. The molecule has 2 aromatic carbocycles. The van der Waals surface area contributed by atoms with Gasteiger partial charge in [-0.05, 0) is 17.5 Å². The number of benzene rings is 2. The summed E-state index contributed by atoms with van der Waals surface area (Å²) in [6.45, 7) is 0.380. The van der Waals surface area contributed by atoms with Crippen LogP contribution >= 0.6 is 0 Å². The van der Waals surface area contributed by atoms with Gasteiger partial charge in [0.25, 0.3) is 0 Å². The van der Waals surface area contributed by atoms with Crippen LogP contribution in [0.4, 0.5) is 8.78 Å². The highest BCUT2D eigenvalue weighted by atomic mass is 19.1. The molecule has 0 aromatic heterocycles. The Labute approximate surface area is 133 Å². The van der Waals surface area contributed by atoms with Crippen molar-refractivity contribution in [2.75, 3.05) is 6.54 Å². The van der Waals surface area contributed by atoms with E-state index in [0.29, 0.717) is 6.42 Å². The molecule has 4 N–H and O–H groups in total. The van der Waals surface area contributed by atoms with Crippen molar-refractivity contribution in [1.29, 1.82) is 0 Å². The minimum Gasteiger partial charge on any atom is -0.489 e. The second-order valence-electron chi connectivity index (χ2n) is 5.25. The van der Waals surface area contributed by atoms with E-state index in [-0.39, 0.29) is 18.9 Å². The monoisotopic (exact) mass is 320 g/mol. The van der Waals surface area contributed by atoms with Gasteiger partial charge in [-0.2, -0.15) is 0 Å². The Morgan fingerprint density at radius 2 is 1.61 bits per heavy atom. The fourth-order valence-corrected chi connectivity index (χ4v) is 2.13. The Morgan fingerprint density at radius 1 is 1.04 bits per heavy atom. The van der Waals surface area contributed by atoms with Gasteiger partial charge in [-0.15, -0.1) is 0 Å². The van der Waals surface area contributed by atoms with Gasteiger partial charge in [0.15, 0.2) is 0 Å².